The molecule has 1 aliphatic rings. The van der Waals surface area contributed by atoms with Crippen molar-refractivity contribution in [1.82, 2.24) is 19.2 Å². The van der Waals surface area contributed by atoms with Crippen molar-refractivity contribution < 1.29 is 9.53 Å². The first kappa shape index (κ1) is 19.2. The Morgan fingerprint density at radius 1 is 1.00 bits per heavy atom. The first-order chi connectivity index (χ1) is 15.1. The molecule has 2 aromatic carbocycles. The van der Waals surface area contributed by atoms with Crippen LogP contribution in [0.1, 0.15) is 22.4 Å². The van der Waals surface area contributed by atoms with Crippen molar-refractivity contribution in [3.63, 3.8) is 0 Å². The molecule has 1 aliphatic heterocycles. The topological polar surface area (TPSA) is 52.3 Å². The summed E-state index contributed by atoms with van der Waals surface area (Å²) in [4.78, 5) is 14.6. The molecule has 0 unspecified atom stereocenters. The van der Waals surface area contributed by atoms with Crippen molar-refractivity contribution in [1.29, 1.82) is 0 Å². The van der Waals surface area contributed by atoms with E-state index in [4.69, 9.17) is 9.84 Å². The van der Waals surface area contributed by atoms with E-state index in [-0.39, 0.29) is 12.5 Å². The van der Waals surface area contributed by atoms with E-state index in [0.29, 0.717) is 18.8 Å². The lowest BCUT2D eigenvalue weighted by molar-refractivity contribution is -0.134. The second kappa shape index (κ2) is 7.80. The zero-order valence-electron chi connectivity index (χ0n) is 17.7. The van der Waals surface area contributed by atoms with Crippen LogP contribution < -0.4 is 4.74 Å². The van der Waals surface area contributed by atoms with Crippen molar-refractivity contribution >= 4 is 5.91 Å². The zero-order chi connectivity index (χ0) is 21.4. The summed E-state index contributed by atoms with van der Waals surface area (Å²) in [7, 11) is 0. The number of rotatable bonds is 5. The first-order valence-electron chi connectivity index (χ1n) is 10.4. The maximum Gasteiger partial charge on any atom is 0.261 e. The maximum absolute atomic E-state index is 12.8. The molecule has 156 valence electrons. The van der Waals surface area contributed by atoms with Crippen LogP contribution in [0.4, 0.5) is 0 Å². The minimum absolute atomic E-state index is 0.0182. The van der Waals surface area contributed by atoms with Gasteiger partial charge in [-0.1, -0.05) is 30.3 Å². The molecule has 31 heavy (non-hydrogen) atoms. The van der Waals surface area contributed by atoms with E-state index in [0.717, 1.165) is 33.9 Å². The molecule has 0 aliphatic carbocycles. The van der Waals surface area contributed by atoms with Crippen molar-refractivity contribution in [2.45, 2.75) is 26.9 Å². The van der Waals surface area contributed by atoms with Gasteiger partial charge in [-0.25, -0.2) is 4.68 Å². The number of nitrogens with zero attached hydrogens (tertiary/aromatic N) is 4. The number of amides is 1. The molecule has 6 heteroatoms. The molecule has 5 rings (SSSR count). The summed E-state index contributed by atoms with van der Waals surface area (Å²) >= 11 is 0. The van der Waals surface area contributed by atoms with Gasteiger partial charge in [0.2, 0.25) is 0 Å². The van der Waals surface area contributed by atoms with Crippen LogP contribution in [0.5, 0.6) is 5.75 Å². The summed E-state index contributed by atoms with van der Waals surface area (Å²) in [5.41, 5.74) is 5.30. The van der Waals surface area contributed by atoms with Gasteiger partial charge in [0.15, 0.2) is 6.61 Å². The van der Waals surface area contributed by atoms with Gasteiger partial charge in [-0.3, -0.25) is 4.79 Å². The number of aryl methyl sites for hydroxylation is 2. The highest BCUT2D eigenvalue weighted by Gasteiger charge is 2.31. The second-order valence-electron chi connectivity index (χ2n) is 7.89. The number of carbonyl (C=O) groups is 1. The van der Waals surface area contributed by atoms with Gasteiger partial charge in [-0.2, -0.15) is 5.10 Å². The highest BCUT2D eigenvalue weighted by atomic mass is 16.5. The van der Waals surface area contributed by atoms with Gasteiger partial charge in [-0.05, 0) is 55.3 Å². The molecule has 0 radical (unpaired) electrons. The summed E-state index contributed by atoms with van der Waals surface area (Å²) in [6.45, 7) is 5.11. The Bertz CT molecular complexity index is 1240. The molecule has 0 saturated carbocycles. The molecule has 0 bridgehead atoms. The first-order valence-corrected chi connectivity index (χ1v) is 10.4. The fraction of sp³-hybridized carbons (Fsp3) is 0.200. The molecular weight excluding hydrogens is 388 g/mol. The Hall–Kier alpha value is -3.80. The SMILES string of the molecule is Cc1cccc(OCC(=O)N2Cc3nn(-c4ccccc4C)c(-n4cccc4)c3C2)c1. The van der Waals surface area contributed by atoms with Crippen molar-refractivity contribution in [3.05, 3.63) is 95.4 Å². The van der Waals surface area contributed by atoms with Crippen molar-refractivity contribution in [3.8, 4) is 17.3 Å². The lowest BCUT2D eigenvalue weighted by atomic mass is 10.2. The van der Waals surface area contributed by atoms with E-state index in [1.54, 1.807) is 0 Å². The summed E-state index contributed by atoms with van der Waals surface area (Å²) in [6, 6.07) is 19.9. The third kappa shape index (κ3) is 3.61. The normalized spacial score (nSPS) is 12.8. The Labute approximate surface area is 181 Å². The number of ether oxygens (including phenoxy) is 1. The molecule has 1 amide bonds. The Morgan fingerprint density at radius 2 is 1.81 bits per heavy atom. The number of carbonyl (C=O) groups excluding carboxylic acids is 1. The van der Waals surface area contributed by atoms with Crippen LogP contribution in [-0.4, -0.2) is 31.8 Å². The lowest BCUT2D eigenvalue weighted by Gasteiger charge is -2.18. The monoisotopic (exact) mass is 412 g/mol. The van der Waals surface area contributed by atoms with Crippen LogP contribution in [0, 0.1) is 13.8 Å². The number of benzene rings is 2. The summed E-state index contributed by atoms with van der Waals surface area (Å²) < 4.78 is 9.78. The second-order valence-corrected chi connectivity index (χ2v) is 7.89. The predicted molar refractivity (Wildman–Crippen MR) is 119 cm³/mol. The summed E-state index contributed by atoms with van der Waals surface area (Å²) in [5.74, 6) is 1.65. The largest absolute Gasteiger partial charge is 0.484 e. The number of aromatic nitrogens is 3. The fourth-order valence-electron chi connectivity index (χ4n) is 4.03. The number of para-hydroxylation sites is 1. The van der Waals surface area contributed by atoms with Crippen molar-refractivity contribution in [2.24, 2.45) is 0 Å². The summed E-state index contributed by atoms with van der Waals surface area (Å²) in [6.07, 6.45) is 4.02. The minimum Gasteiger partial charge on any atom is -0.484 e. The zero-order valence-corrected chi connectivity index (χ0v) is 17.7. The number of hydrogen-bond acceptors (Lipinski definition) is 3. The Morgan fingerprint density at radius 3 is 2.58 bits per heavy atom. The van der Waals surface area contributed by atoms with E-state index in [9.17, 15) is 4.79 Å². The van der Waals surface area contributed by atoms with Crippen molar-refractivity contribution in [2.75, 3.05) is 6.61 Å². The number of fused-ring (bicyclic) bond motifs is 1. The third-order valence-electron chi connectivity index (χ3n) is 5.63. The average molecular weight is 412 g/mol. The molecule has 0 saturated heterocycles. The lowest BCUT2D eigenvalue weighted by Crippen LogP contribution is -2.31. The van der Waals surface area contributed by atoms with E-state index >= 15 is 0 Å². The predicted octanol–water partition coefficient (Wildman–Crippen LogP) is 4.20. The average Bonchev–Trinajstić information content (AvgIpc) is 3.48. The van der Waals surface area contributed by atoms with Gasteiger partial charge < -0.3 is 14.2 Å². The molecule has 2 aromatic heterocycles. The molecule has 0 N–H and O–H groups in total. The van der Waals surface area contributed by atoms with Crippen LogP contribution in [0.15, 0.2) is 73.1 Å². The van der Waals surface area contributed by atoms with Gasteiger partial charge in [0.05, 0.1) is 24.5 Å². The van der Waals surface area contributed by atoms with E-state index < -0.39 is 0 Å². The molecule has 0 spiro atoms. The highest BCUT2D eigenvalue weighted by molar-refractivity contribution is 5.78. The van der Waals surface area contributed by atoms with Gasteiger partial charge in [0.25, 0.3) is 5.91 Å². The Balaban J connectivity index is 1.41. The minimum atomic E-state index is -0.0413. The highest BCUT2D eigenvalue weighted by Crippen LogP contribution is 2.31. The van der Waals surface area contributed by atoms with E-state index in [1.807, 2.05) is 77.4 Å². The standard InChI is InChI=1S/C25H24N4O2/c1-18-8-7-10-20(14-18)31-17-24(30)28-15-21-22(16-28)26-29(23-11-4-3-9-19(23)2)25(21)27-12-5-6-13-27/h3-14H,15-17H2,1-2H3. The van der Waals surface area contributed by atoms with Gasteiger partial charge >= 0.3 is 0 Å². The van der Waals surface area contributed by atoms with E-state index in [1.165, 1.54) is 0 Å². The van der Waals surface area contributed by atoms with Gasteiger partial charge in [0, 0.05) is 18.0 Å². The van der Waals surface area contributed by atoms with E-state index in [2.05, 4.69) is 23.6 Å². The maximum atomic E-state index is 12.8. The fourth-order valence-corrected chi connectivity index (χ4v) is 4.03. The van der Waals surface area contributed by atoms with Crippen LogP contribution in [0.2, 0.25) is 0 Å². The van der Waals surface area contributed by atoms with Crippen LogP contribution in [0.25, 0.3) is 11.5 Å². The number of hydrogen-bond donors (Lipinski definition) is 0. The van der Waals surface area contributed by atoms with Gasteiger partial charge in [-0.15, -0.1) is 0 Å². The molecule has 6 nitrogen and oxygen atoms in total. The molecule has 0 atom stereocenters. The Kier molecular flexibility index (Phi) is 4.82. The van der Waals surface area contributed by atoms with Gasteiger partial charge in [0.1, 0.15) is 11.6 Å². The quantitative estimate of drug-likeness (QED) is 0.494. The van der Waals surface area contributed by atoms with Crippen LogP contribution in [0.3, 0.4) is 0 Å². The third-order valence-corrected chi connectivity index (χ3v) is 5.63. The molecule has 3 heterocycles. The smallest absolute Gasteiger partial charge is 0.261 e. The molecular formula is C25H24N4O2. The molecule has 0 fully saturated rings. The van der Waals surface area contributed by atoms with Crippen LogP contribution in [-0.2, 0) is 17.9 Å². The van der Waals surface area contributed by atoms with Crippen LogP contribution >= 0.6 is 0 Å². The summed E-state index contributed by atoms with van der Waals surface area (Å²) in [5, 5.41) is 4.90. The molecule has 4 aromatic rings.